The highest BCUT2D eigenvalue weighted by atomic mass is 35.5. The maximum Gasteiger partial charge on any atom is 0.409 e. The fraction of sp³-hybridized carbons (Fsp3) is 0.600. The van der Waals surface area contributed by atoms with Gasteiger partial charge in [-0.05, 0) is 37.8 Å². The molecule has 1 aromatic heterocycles. The Morgan fingerprint density at radius 3 is 2.67 bits per heavy atom. The van der Waals surface area contributed by atoms with Crippen LogP contribution in [0.5, 0.6) is 0 Å². The van der Waals surface area contributed by atoms with Gasteiger partial charge in [0.15, 0.2) is 5.96 Å². The molecular formula is C20H31ClN6O3. The molecule has 0 radical (unpaired) electrons. The maximum atomic E-state index is 11.9. The summed E-state index contributed by atoms with van der Waals surface area (Å²) in [7, 11) is 3.41. The van der Waals surface area contributed by atoms with Gasteiger partial charge in [-0.1, -0.05) is 17.7 Å². The Hall–Kier alpha value is -2.55. The number of hydrogen-bond acceptors (Lipinski definition) is 5. The quantitative estimate of drug-likeness (QED) is 0.380. The van der Waals surface area contributed by atoms with Gasteiger partial charge in [0, 0.05) is 46.0 Å². The standard InChI is InChI=1S/C20H31ClN6O3/c1-4-30-20(29)27-11-8-16(9-12-27)25-19(24-14-18(28)26(2)3)22-10-7-15-5-6-17(21)23-13-15/h5-6,13,16H,4,7-12,14H2,1-3H3,(H2,22,24,25). The summed E-state index contributed by atoms with van der Waals surface area (Å²) in [4.78, 5) is 35.5. The number of piperidine rings is 1. The van der Waals surface area contributed by atoms with Crippen LogP contribution >= 0.6 is 11.6 Å². The van der Waals surface area contributed by atoms with Crippen LogP contribution in [-0.2, 0) is 16.0 Å². The van der Waals surface area contributed by atoms with Gasteiger partial charge in [0.05, 0.1) is 6.61 Å². The monoisotopic (exact) mass is 438 g/mol. The van der Waals surface area contributed by atoms with Crippen LogP contribution in [-0.4, -0.2) is 85.7 Å². The number of likely N-dealkylation sites (N-methyl/N-ethyl adjacent to an activating group) is 1. The molecule has 1 aromatic rings. The molecule has 1 aliphatic rings. The third-order valence-electron chi connectivity index (χ3n) is 4.73. The van der Waals surface area contributed by atoms with E-state index in [9.17, 15) is 9.59 Å². The van der Waals surface area contributed by atoms with Gasteiger partial charge in [-0.3, -0.25) is 4.79 Å². The molecule has 30 heavy (non-hydrogen) atoms. The van der Waals surface area contributed by atoms with Gasteiger partial charge in [-0.25, -0.2) is 14.8 Å². The molecule has 0 unspecified atom stereocenters. The number of aliphatic imine (C=N–C) groups is 1. The number of hydrogen-bond donors (Lipinski definition) is 2. The van der Waals surface area contributed by atoms with Crippen LogP contribution < -0.4 is 10.6 Å². The van der Waals surface area contributed by atoms with Crippen molar-refractivity contribution < 1.29 is 14.3 Å². The van der Waals surface area contributed by atoms with E-state index in [0.717, 1.165) is 24.8 Å². The number of pyridine rings is 1. The van der Waals surface area contributed by atoms with E-state index < -0.39 is 0 Å². The van der Waals surface area contributed by atoms with Crippen molar-refractivity contribution in [2.75, 3.05) is 46.9 Å². The van der Waals surface area contributed by atoms with E-state index in [-0.39, 0.29) is 24.6 Å². The van der Waals surface area contributed by atoms with Crippen LogP contribution in [0.15, 0.2) is 23.3 Å². The lowest BCUT2D eigenvalue weighted by atomic mass is 10.1. The molecule has 0 aromatic carbocycles. The molecule has 0 spiro atoms. The Kier molecular flexibility index (Phi) is 9.66. The fourth-order valence-corrected chi connectivity index (χ4v) is 3.05. The van der Waals surface area contributed by atoms with Gasteiger partial charge in [-0.15, -0.1) is 0 Å². The van der Waals surface area contributed by atoms with E-state index in [2.05, 4.69) is 20.6 Å². The van der Waals surface area contributed by atoms with E-state index in [4.69, 9.17) is 16.3 Å². The summed E-state index contributed by atoms with van der Waals surface area (Å²) in [6.45, 7) is 4.11. The highest BCUT2D eigenvalue weighted by Crippen LogP contribution is 2.11. The van der Waals surface area contributed by atoms with Crippen LogP contribution in [0, 0.1) is 0 Å². The summed E-state index contributed by atoms with van der Waals surface area (Å²) >= 11 is 5.82. The van der Waals surface area contributed by atoms with E-state index in [0.29, 0.717) is 37.4 Å². The second kappa shape index (κ2) is 12.2. The minimum absolute atomic E-state index is 0.0620. The van der Waals surface area contributed by atoms with Gasteiger partial charge in [-0.2, -0.15) is 0 Å². The molecule has 0 atom stereocenters. The normalized spacial score (nSPS) is 14.9. The number of likely N-dealkylation sites (tertiary alicyclic amines) is 1. The second-order valence-corrected chi connectivity index (χ2v) is 7.61. The average Bonchev–Trinajstić information content (AvgIpc) is 2.73. The summed E-state index contributed by atoms with van der Waals surface area (Å²) in [5.41, 5.74) is 1.05. The van der Waals surface area contributed by atoms with E-state index in [1.165, 1.54) is 4.90 Å². The lowest BCUT2D eigenvalue weighted by Gasteiger charge is -2.32. The number of guanidine groups is 1. The van der Waals surface area contributed by atoms with Crippen LogP contribution in [0.25, 0.3) is 0 Å². The molecule has 1 fully saturated rings. The number of amides is 2. The van der Waals surface area contributed by atoms with Crippen LogP contribution in [0.2, 0.25) is 5.15 Å². The molecular weight excluding hydrogens is 408 g/mol. The summed E-state index contributed by atoms with van der Waals surface area (Å²) in [5.74, 6) is 0.511. The lowest BCUT2D eigenvalue weighted by molar-refractivity contribution is -0.127. The third kappa shape index (κ3) is 8.06. The molecule has 166 valence electrons. The Labute approximate surface area is 182 Å². The van der Waals surface area contributed by atoms with Crippen molar-refractivity contribution in [3.8, 4) is 0 Å². The molecule has 2 amide bonds. The Balaban J connectivity index is 1.89. The molecule has 2 rings (SSSR count). The number of carbonyl (C=O) groups excluding carboxylic acids is 2. The van der Waals surface area contributed by atoms with Crippen molar-refractivity contribution in [3.05, 3.63) is 29.0 Å². The molecule has 0 saturated carbocycles. The highest BCUT2D eigenvalue weighted by molar-refractivity contribution is 6.29. The molecule has 2 heterocycles. The first-order valence-electron chi connectivity index (χ1n) is 10.2. The molecule has 1 aliphatic heterocycles. The predicted octanol–water partition coefficient (Wildman–Crippen LogP) is 1.52. The van der Waals surface area contributed by atoms with Gasteiger partial charge in [0.2, 0.25) is 5.91 Å². The van der Waals surface area contributed by atoms with E-state index >= 15 is 0 Å². The minimum atomic E-state index is -0.267. The molecule has 9 nitrogen and oxygen atoms in total. The van der Waals surface area contributed by atoms with Crippen molar-refractivity contribution in [1.82, 2.24) is 25.4 Å². The van der Waals surface area contributed by atoms with Crippen LogP contribution in [0.1, 0.15) is 25.3 Å². The Morgan fingerprint density at radius 2 is 2.07 bits per heavy atom. The number of ether oxygens (including phenoxy) is 1. The molecule has 0 bridgehead atoms. The number of rotatable bonds is 7. The average molecular weight is 439 g/mol. The van der Waals surface area contributed by atoms with E-state index in [1.54, 1.807) is 38.2 Å². The SMILES string of the molecule is CCOC(=O)N1CCC(NC(=NCC(=O)N(C)C)NCCc2ccc(Cl)nc2)CC1. The summed E-state index contributed by atoms with van der Waals surface area (Å²) < 4.78 is 5.06. The van der Waals surface area contributed by atoms with Gasteiger partial charge >= 0.3 is 6.09 Å². The fourth-order valence-electron chi connectivity index (χ4n) is 2.93. The van der Waals surface area contributed by atoms with Crippen LogP contribution in [0.3, 0.4) is 0 Å². The van der Waals surface area contributed by atoms with Gasteiger partial charge in [0.25, 0.3) is 0 Å². The molecule has 1 saturated heterocycles. The minimum Gasteiger partial charge on any atom is -0.450 e. The first kappa shape index (κ1) is 23.7. The first-order chi connectivity index (χ1) is 14.4. The van der Waals surface area contributed by atoms with Crippen molar-refractivity contribution in [2.24, 2.45) is 4.99 Å². The van der Waals surface area contributed by atoms with Crippen molar-refractivity contribution in [3.63, 3.8) is 0 Å². The number of aromatic nitrogens is 1. The van der Waals surface area contributed by atoms with Crippen molar-refractivity contribution in [2.45, 2.75) is 32.2 Å². The summed E-state index contributed by atoms with van der Waals surface area (Å²) in [6.07, 6.45) is 3.78. The van der Waals surface area contributed by atoms with Crippen molar-refractivity contribution >= 4 is 29.6 Å². The second-order valence-electron chi connectivity index (χ2n) is 7.22. The smallest absolute Gasteiger partial charge is 0.409 e. The third-order valence-corrected chi connectivity index (χ3v) is 4.95. The lowest BCUT2D eigenvalue weighted by Crippen LogP contribution is -2.50. The molecule has 0 aliphatic carbocycles. The first-order valence-corrected chi connectivity index (χ1v) is 10.5. The largest absolute Gasteiger partial charge is 0.450 e. The number of carbonyl (C=O) groups is 2. The Bertz CT molecular complexity index is 718. The van der Waals surface area contributed by atoms with E-state index in [1.807, 2.05) is 6.07 Å². The topological polar surface area (TPSA) is 99.2 Å². The zero-order valence-electron chi connectivity index (χ0n) is 17.9. The number of nitrogens with one attached hydrogen (secondary N) is 2. The highest BCUT2D eigenvalue weighted by Gasteiger charge is 2.24. The zero-order chi connectivity index (χ0) is 21.9. The van der Waals surface area contributed by atoms with Crippen LogP contribution in [0.4, 0.5) is 4.79 Å². The number of nitrogens with zero attached hydrogens (tertiary/aromatic N) is 4. The zero-order valence-corrected chi connectivity index (χ0v) is 18.6. The summed E-state index contributed by atoms with van der Waals surface area (Å²) in [6, 6.07) is 3.85. The number of halogens is 1. The Morgan fingerprint density at radius 1 is 1.33 bits per heavy atom. The van der Waals surface area contributed by atoms with Gasteiger partial charge < -0.3 is 25.2 Å². The maximum absolute atomic E-state index is 11.9. The van der Waals surface area contributed by atoms with Gasteiger partial charge in [0.1, 0.15) is 11.7 Å². The summed E-state index contributed by atoms with van der Waals surface area (Å²) in [5, 5.41) is 7.14. The van der Waals surface area contributed by atoms with Crippen molar-refractivity contribution in [1.29, 1.82) is 0 Å². The molecule has 10 heteroatoms. The molecule has 2 N–H and O–H groups in total. The predicted molar refractivity (Wildman–Crippen MR) is 117 cm³/mol.